The van der Waals surface area contributed by atoms with Crippen molar-refractivity contribution in [1.29, 1.82) is 0 Å². The fourth-order valence-electron chi connectivity index (χ4n) is 2.36. The second-order valence-corrected chi connectivity index (χ2v) is 6.56. The number of benzene rings is 2. The maximum Gasteiger partial charge on any atom is 0.262 e. The number of rotatable bonds is 10. The molecule has 0 aromatic heterocycles. The van der Waals surface area contributed by atoms with Crippen LogP contribution in [0.5, 0.6) is 5.75 Å². The van der Waals surface area contributed by atoms with E-state index in [1.54, 1.807) is 19.2 Å². The zero-order valence-electron chi connectivity index (χ0n) is 16.0. The molecule has 0 radical (unpaired) electrons. The molecule has 0 bridgehead atoms. The van der Waals surface area contributed by atoms with E-state index in [9.17, 15) is 14.0 Å². The van der Waals surface area contributed by atoms with E-state index in [0.717, 1.165) is 11.6 Å². The van der Waals surface area contributed by atoms with Gasteiger partial charge in [-0.1, -0.05) is 30.3 Å². The molecule has 0 fully saturated rings. The molecule has 0 heterocycles. The SMILES string of the molecule is C=C(CCNC(=O)c1ccc(COC)cc1)NC(=O)COc1ccc(Cl)c(F)c1. The third kappa shape index (κ3) is 7.56. The van der Waals surface area contributed by atoms with Crippen molar-refractivity contribution in [3.63, 3.8) is 0 Å². The molecule has 0 atom stereocenters. The maximum absolute atomic E-state index is 13.3. The molecule has 2 aromatic carbocycles. The molecule has 0 unspecified atom stereocenters. The van der Waals surface area contributed by atoms with Crippen LogP contribution in [0.3, 0.4) is 0 Å². The molecular formula is C21H22ClFN2O4. The Morgan fingerprint density at radius 1 is 1.17 bits per heavy atom. The summed E-state index contributed by atoms with van der Waals surface area (Å²) in [5.74, 6) is -1.10. The number of hydrogen-bond acceptors (Lipinski definition) is 4. The van der Waals surface area contributed by atoms with Crippen LogP contribution in [0.1, 0.15) is 22.3 Å². The van der Waals surface area contributed by atoms with E-state index in [4.69, 9.17) is 21.1 Å². The highest BCUT2D eigenvalue weighted by Crippen LogP contribution is 2.20. The van der Waals surface area contributed by atoms with Crippen LogP contribution < -0.4 is 15.4 Å². The summed E-state index contributed by atoms with van der Waals surface area (Å²) in [5.41, 5.74) is 1.93. The molecule has 2 rings (SSSR count). The standard InChI is InChI=1S/C21H22ClFN2O4/c1-14(25-20(26)13-29-17-7-8-18(22)19(23)11-17)9-10-24-21(27)16-5-3-15(4-6-16)12-28-2/h3-8,11H,1,9-10,12-13H2,2H3,(H,24,27)(H,25,26). The molecular weight excluding hydrogens is 399 g/mol. The van der Waals surface area contributed by atoms with Crippen LogP contribution in [0.2, 0.25) is 5.02 Å². The number of carbonyl (C=O) groups excluding carboxylic acids is 2. The van der Waals surface area contributed by atoms with Gasteiger partial charge in [-0.15, -0.1) is 0 Å². The zero-order chi connectivity index (χ0) is 21.2. The number of amides is 2. The van der Waals surface area contributed by atoms with E-state index in [-0.39, 0.29) is 23.3 Å². The lowest BCUT2D eigenvalue weighted by Crippen LogP contribution is -2.31. The number of nitrogens with one attached hydrogen (secondary N) is 2. The highest BCUT2D eigenvalue weighted by atomic mass is 35.5. The van der Waals surface area contributed by atoms with Gasteiger partial charge in [0.2, 0.25) is 0 Å². The van der Waals surface area contributed by atoms with Crippen molar-refractivity contribution in [1.82, 2.24) is 10.6 Å². The molecule has 0 saturated carbocycles. The van der Waals surface area contributed by atoms with Gasteiger partial charge in [-0.25, -0.2) is 4.39 Å². The first-order valence-corrected chi connectivity index (χ1v) is 9.18. The van der Waals surface area contributed by atoms with E-state index in [1.807, 2.05) is 12.1 Å². The van der Waals surface area contributed by atoms with E-state index >= 15 is 0 Å². The van der Waals surface area contributed by atoms with E-state index < -0.39 is 11.7 Å². The third-order valence-corrected chi connectivity index (χ3v) is 4.12. The summed E-state index contributed by atoms with van der Waals surface area (Å²) in [6.07, 6.45) is 0.356. The molecule has 0 aliphatic heterocycles. The summed E-state index contributed by atoms with van der Waals surface area (Å²) < 4.78 is 23.6. The Kier molecular flexibility index (Phi) is 8.64. The summed E-state index contributed by atoms with van der Waals surface area (Å²) in [4.78, 5) is 24.0. The van der Waals surface area contributed by atoms with E-state index in [0.29, 0.717) is 30.8 Å². The Bertz CT molecular complexity index is 871. The molecule has 2 N–H and O–H groups in total. The van der Waals surface area contributed by atoms with Crippen molar-refractivity contribution in [2.45, 2.75) is 13.0 Å². The summed E-state index contributed by atoms with van der Waals surface area (Å²) in [6, 6.07) is 11.0. The quantitative estimate of drug-likeness (QED) is 0.617. The number of carbonyl (C=O) groups is 2. The van der Waals surface area contributed by atoms with Crippen LogP contribution in [-0.2, 0) is 16.1 Å². The minimum atomic E-state index is -0.627. The van der Waals surface area contributed by atoms with Gasteiger partial charge in [0.15, 0.2) is 6.61 Å². The fourth-order valence-corrected chi connectivity index (χ4v) is 2.48. The Balaban J connectivity index is 1.68. The van der Waals surface area contributed by atoms with Gasteiger partial charge in [0.05, 0.1) is 11.6 Å². The van der Waals surface area contributed by atoms with Crippen molar-refractivity contribution in [3.8, 4) is 5.75 Å². The van der Waals surface area contributed by atoms with Gasteiger partial charge in [0.1, 0.15) is 11.6 Å². The van der Waals surface area contributed by atoms with Crippen LogP contribution in [0.25, 0.3) is 0 Å². The lowest BCUT2D eigenvalue weighted by atomic mass is 10.1. The van der Waals surface area contributed by atoms with E-state index in [1.165, 1.54) is 12.1 Å². The Hall–Kier alpha value is -2.90. The highest BCUT2D eigenvalue weighted by molar-refractivity contribution is 6.30. The molecule has 0 saturated heterocycles. The van der Waals surface area contributed by atoms with Gasteiger partial charge in [-0.05, 0) is 29.8 Å². The van der Waals surface area contributed by atoms with Crippen molar-refractivity contribution >= 4 is 23.4 Å². The van der Waals surface area contributed by atoms with Crippen LogP contribution in [0.4, 0.5) is 4.39 Å². The van der Waals surface area contributed by atoms with Crippen molar-refractivity contribution in [3.05, 3.63) is 76.7 Å². The number of hydrogen-bond donors (Lipinski definition) is 2. The summed E-state index contributed by atoms with van der Waals surface area (Å²) >= 11 is 5.59. The first-order valence-electron chi connectivity index (χ1n) is 8.80. The van der Waals surface area contributed by atoms with E-state index in [2.05, 4.69) is 17.2 Å². The fraction of sp³-hybridized carbons (Fsp3) is 0.238. The maximum atomic E-state index is 13.3. The van der Waals surface area contributed by atoms with Gasteiger partial charge in [0.25, 0.3) is 11.8 Å². The molecule has 2 aromatic rings. The number of methoxy groups -OCH3 is 1. The van der Waals surface area contributed by atoms with Gasteiger partial charge >= 0.3 is 0 Å². The largest absolute Gasteiger partial charge is 0.484 e. The number of halogens is 2. The Labute approximate surface area is 173 Å². The summed E-state index contributed by atoms with van der Waals surface area (Å²) in [6.45, 7) is 4.23. The second-order valence-electron chi connectivity index (χ2n) is 6.15. The smallest absolute Gasteiger partial charge is 0.262 e. The first kappa shape index (κ1) is 22.4. The molecule has 8 heteroatoms. The average molecular weight is 421 g/mol. The first-order chi connectivity index (χ1) is 13.9. The minimum absolute atomic E-state index is 0.0249. The molecule has 6 nitrogen and oxygen atoms in total. The van der Waals surface area contributed by atoms with Gasteiger partial charge in [-0.2, -0.15) is 0 Å². The molecule has 29 heavy (non-hydrogen) atoms. The molecule has 0 aliphatic carbocycles. The molecule has 154 valence electrons. The predicted molar refractivity (Wildman–Crippen MR) is 108 cm³/mol. The molecule has 0 aliphatic rings. The van der Waals surface area contributed by atoms with Gasteiger partial charge in [0, 0.05) is 37.4 Å². The second kappa shape index (κ2) is 11.2. The molecule has 0 spiro atoms. The van der Waals surface area contributed by atoms with Crippen LogP contribution in [0.15, 0.2) is 54.7 Å². The lowest BCUT2D eigenvalue weighted by molar-refractivity contribution is -0.122. The number of ether oxygens (including phenoxy) is 2. The van der Waals surface area contributed by atoms with Crippen LogP contribution >= 0.6 is 11.6 Å². The minimum Gasteiger partial charge on any atom is -0.484 e. The zero-order valence-corrected chi connectivity index (χ0v) is 16.7. The summed E-state index contributed by atoms with van der Waals surface area (Å²) in [7, 11) is 1.61. The highest BCUT2D eigenvalue weighted by Gasteiger charge is 2.08. The Morgan fingerprint density at radius 2 is 1.90 bits per heavy atom. The van der Waals surface area contributed by atoms with Crippen molar-refractivity contribution < 1.29 is 23.5 Å². The Morgan fingerprint density at radius 3 is 2.55 bits per heavy atom. The van der Waals surface area contributed by atoms with Gasteiger partial charge in [-0.3, -0.25) is 9.59 Å². The van der Waals surface area contributed by atoms with Crippen LogP contribution in [0, 0.1) is 5.82 Å². The third-order valence-electron chi connectivity index (χ3n) is 3.82. The summed E-state index contributed by atoms with van der Waals surface area (Å²) in [5, 5.41) is 5.30. The van der Waals surface area contributed by atoms with Crippen molar-refractivity contribution in [2.75, 3.05) is 20.3 Å². The topological polar surface area (TPSA) is 76.7 Å². The normalized spacial score (nSPS) is 10.3. The van der Waals surface area contributed by atoms with Crippen LogP contribution in [-0.4, -0.2) is 32.1 Å². The average Bonchev–Trinajstić information content (AvgIpc) is 2.69. The molecule has 2 amide bonds. The van der Waals surface area contributed by atoms with Gasteiger partial charge < -0.3 is 20.1 Å². The predicted octanol–water partition coefficient (Wildman–Crippen LogP) is 3.45. The van der Waals surface area contributed by atoms with Crippen molar-refractivity contribution in [2.24, 2.45) is 0 Å². The lowest BCUT2D eigenvalue weighted by Gasteiger charge is -2.11. The monoisotopic (exact) mass is 420 g/mol.